The topological polar surface area (TPSA) is 187 Å². The molecule has 4 amide bonds. The molecule has 0 radical (unpaired) electrons. The average Bonchev–Trinajstić information content (AvgIpc) is 4.14. The highest BCUT2D eigenvalue weighted by Gasteiger charge is 2.29. The van der Waals surface area contributed by atoms with E-state index < -0.39 is 0 Å². The van der Waals surface area contributed by atoms with Crippen LogP contribution in [0.15, 0.2) is 85.2 Å². The fourth-order valence-corrected chi connectivity index (χ4v) is 10.5. The van der Waals surface area contributed by atoms with E-state index >= 15 is 0 Å². The van der Waals surface area contributed by atoms with Gasteiger partial charge >= 0.3 is 12.1 Å². The second kappa shape index (κ2) is 28.8. The molecule has 0 saturated heterocycles. The van der Waals surface area contributed by atoms with Gasteiger partial charge < -0.3 is 50.0 Å². The summed E-state index contributed by atoms with van der Waals surface area (Å²) >= 11 is 26.0. The maximum Gasteiger partial charge on any atom is 0.314 e. The highest BCUT2D eigenvalue weighted by Crippen LogP contribution is 2.41. The zero-order valence-electron chi connectivity index (χ0n) is 42.9. The summed E-state index contributed by atoms with van der Waals surface area (Å²) < 4.78 is 26.2. The van der Waals surface area contributed by atoms with Gasteiger partial charge in [0, 0.05) is 95.4 Å². The maximum absolute atomic E-state index is 12.2. The standard InChI is InChI=1S/C54H66Cl4N12O6/c1-67-31-45(43-27-41(55)29-49(57)47(43)33-67)37-7-5-9-39(25-37)51-35-69(65-63-51)15-19-75-23-21-73-17-13-61-53(71)59-11-3-4-12-60-54(72)62-14-18-74-22-24-76-20-16-70-36-52(64-66-70)40-10-6-8-38(26-40)46-32-68(2)34-48-44(46)28-42(56)30-50(48)58/h5-10,25-30,35-36,45-46H,3-4,11-24,31-34H2,1-2H3,(H2,59,61,71)(H2,60,62,72)/t45-,46-/m0/s1. The fraction of sp³-hybridized carbons (Fsp3) is 0.444. The second-order valence-electron chi connectivity index (χ2n) is 18.9. The van der Waals surface area contributed by atoms with Crippen LogP contribution in [0.2, 0.25) is 20.1 Å². The molecular weight excluding hydrogens is 1050 g/mol. The Bertz CT molecular complexity index is 2660. The quantitative estimate of drug-likeness (QED) is 0.0364. The van der Waals surface area contributed by atoms with Crippen molar-refractivity contribution in [2.75, 3.05) is 106 Å². The van der Waals surface area contributed by atoms with Crippen molar-refractivity contribution in [1.29, 1.82) is 0 Å². The van der Waals surface area contributed by atoms with Crippen LogP contribution < -0.4 is 21.3 Å². The number of fused-ring (bicyclic) bond motifs is 2. The SMILES string of the molecule is CN1Cc2c(Cl)cc(Cl)cc2[C@H](c2cccc(-c3cn(CCOCCOCCNC(=O)NCCCCNC(=O)NCCOCCOCCn4cc(-c5cccc([C@@H]6CN(C)Cc7c(Cl)cc(Cl)cc76)c5)nn4)nn3)c2)C1. The van der Waals surface area contributed by atoms with Crippen LogP contribution in [0.1, 0.15) is 58.1 Å². The molecule has 2 aromatic heterocycles. The lowest BCUT2D eigenvalue weighted by molar-refractivity contribution is 0.0454. The first-order chi connectivity index (χ1) is 37.0. The van der Waals surface area contributed by atoms with E-state index in [9.17, 15) is 9.59 Å². The van der Waals surface area contributed by atoms with Crippen LogP contribution in [0.4, 0.5) is 9.59 Å². The lowest BCUT2D eigenvalue weighted by atomic mass is 9.84. The third kappa shape index (κ3) is 16.6. The van der Waals surface area contributed by atoms with Crippen LogP contribution in [0.3, 0.4) is 0 Å². The lowest BCUT2D eigenvalue weighted by Crippen LogP contribution is -2.39. The second-order valence-corrected chi connectivity index (χ2v) is 20.6. The Labute approximate surface area is 463 Å². The van der Waals surface area contributed by atoms with Crippen molar-refractivity contribution in [3.63, 3.8) is 0 Å². The van der Waals surface area contributed by atoms with Gasteiger partial charge in [-0.3, -0.25) is 0 Å². The number of nitrogens with one attached hydrogen (secondary N) is 4. The summed E-state index contributed by atoms with van der Waals surface area (Å²) in [5, 5.41) is 31.3. The summed E-state index contributed by atoms with van der Waals surface area (Å²) in [6, 6.07) is 23.9. The smallest absolute Gasteiger partial charge is 0.314 e. The normalized spacial score (nSPS) is 15.6. The number of urea groups is 2. The number of ether oxygens (including phenoxy) is 4. The van der Waals surface area contributed by atoms with Gasteiger partial charge in [0.25, 0.3) is 0 Å². The first kappa shape index (κ1) is 56.8. The van der Waals surface area contributed by atoms with Gasteiger partial charge in [0.1, 0.15) is 11.4 Å². The van der Waals surface area contributed by atoms with Crippen LogP contribution in [0, 0.1) is 0 Å². The summed E-state index contributed by atoms with van der Waals surface area (Å²) in [4.78, 5) is 28.9. The Kier molecular flexibility index (Phi) is 21.6. The highest BCUT2D eigenvalue weighted by atomic mass is 35.5. The number of likely N-dealkylation sites (N-methyl/N-ethyl adjacent to an activating group) is 2. The Morgan fingerprint density at radius 1 is 0.539 bits per heavy atom. The van der Waals surface area contributed by atoms with E-state index in [-0.39, 0.29) is 23.9 Å². The number of amides is 4. The molecule has 6 aromatic rings. The fourth-order valence-electron chi connectivity index (χ4n) is 9.38. The number of carbonyl (C=O) groups is 2. The van der Waals surface area contributed by atoms with E-state index in [0.29, 0.717) is 125 Å². The Hall–Kier alpha value is -5.38. The van der Waals surface area contributed by atoms with Gasteiger partial charge in [-0.15, -0.1) is 10.2 Å². The number of hydrogen-bond donors (Lipinski definition) is 4. The molecule has 8 rings (SSSR count). The minimum absolute atomic E-state index is 0.131. The van der Waals surface area contributed by atoms with E-state index in [4.69, 9.17) is 65.4 Å². The first-order valence-corrected chi connectivity index (χ1v) is 27.2. The zero-order chi connectivity index (χ0) is 53.2. The number of halogens is 4. The van der Waals surface area contributed by atoms with Crippen molar-refractivity contribution in [3.05, 3.63) is 139 Å². The molecule has 0 saturated carbocycles. The summed E-state index contributed by atoms with van der Waals surface area (Å²) in [7, 11) is 4.20. The van der Waals surface area contributed by atoms with Crippen molar-refractivity contribution in [2.45, 2.75) is 50.9 Å². The van der Waals surface area contributed by atoms with Crippen LogP contribution in [-0.2, 0) is 45.1 Å². The van der Waals surface area contributed by atoms with Gasteiger partial charge in [0.15, 0.2) is 0 Å². The Morgan fingerprint density at radius 3 is 1.38 bits per heavy atom. The molecule has 0 aliphatic carbocycles. The van der Waals surface area contributed by atoms with Gasteiger partial charge in [-0.05, 0) is 96.7 Å². The third-order valence-corrected chi connectivity index (χ3v) is 14.3. The predicted molar refractivity (Wildman–Crippen MR) is 296 cm³/mol. The Balaban J connectivity index is 0.585. The molecule has 2 atom stereocenters. The largest absolute Gasteiger partial charge is 0.377 e. The van der Waals surface area contributed by atoms with Crippen molar-refractivity contribution in [3.8, 4) is 22.5 Å². The van der Waals surface area contributed by atoms with Crippen LogP contribution in [0.25, 0.3) is 22.5 Å². The third-order valence-electron chi connectivity index (χ3n) is 13.1. The number of rotatable bonds is 27. The van der Waals surface area contributed by atoms with Crippen molar-refractivity contribution in [1.82, 2.24) is 61.1 Å². The summed E-state index contributed by atoms with van der Waals surface area (Å²) in [5.41, 5.74) is 10.4. The number of carbonyl (C=O) groups excluding carboxylic acids is 2. The minimum atomic E-state index is -0.271. The molecule has 4 aromatic carbocycles. The number of hydrogen-bond acceptors (Lipinski definition) is 12. The molecule has 76 heavy (non-hydrogen) atoms. The molecule has 0 fully saturated rings. The predicted octanol–water partition coefficient (Wildman–Crippen LogP) is 8.12. The van der Waals surface area contributed by atoms with E-state index in [2.05, 4.69) is 90.1 Å². The molecule has 2 aliphatic rings. The maximum atomic E-state index is 12.2. The molecular formula is C54H66Cl4N12O6. The van der Waals surface area contributed by atoms with Crippen molar-refractivity contribution < 1.29 is 28.5 Å². The van der Waals surface area contributed by atoms with Gasteiger partial charge in [-0.1, -0.05) is 93.2 Å². The molecule has 22 heteroatoms. The lowest BCUT2D eigenvalue weighted by Gasteiger charge is -2.33. The van der Waals surface area contributed by atoms with Crippen molar-refractivity contribution in [2.24, 2.45) is 0 Å². The average molecular weight is 1120 g/mol. The molecule has 0 unspecified atom stereocenters. The van der Waals surface area contributed by atoms with Crippen LogP contribution >= 0.6 is 46.4 Å². The zero-order valence-corrected chi connectivity index (χ0v) is 45.9. The first-order valence-electron chi connectivity index (χ1n) is 25.7. The van der Waals surface area contributed by atoms with Gasteiger partial charge in [0.2, 0.25) is 0 Å². The molecule has 18 nitrogen and oxygen atoms in total. The van der Waals surface area contributed by atoms with Gasteiger partial charge in [-0.25, -0.2) is 19.0 Å². The number of unbranched alkanes of at least 4 members (excludes halogenated alkanes) is 1. The van der Waals surface area contributed by atoms with E-state index in [1.807, 2.05) is 60.9 Å². The molecule has 4 heterocycles. The molecule has 0 bridgehead atoms. The van der Waals surface area contributed by atoms with E-state index in [1.165, 1.54) is 11.1 Å². The Morgan fingerprint density at radius 2 is 0.947 bits per heavy atom. The summed E-state index contributed by atoms with van der Waals surface area (Å²) in [6.45, 7) is 9.29. The molecule has 2 aliphatic heterocycles. The number of nitrogens with zero attached hydrogens (tertiary/aromatic N) is 8. The van der Waals surface area contributed by atoms with Crippen LogP contribution in [-0.4, -0.2) is 158 Å². The van der Waals surface area contributed by atoms with E-state index in [1.54, 1.807) is 9.36 Å². The van der Waals surface area contributed by atoms with Crippen LogP contribution in [0.5, 0.6) is 0 Å². The van der Waals surface area contributed by atoms with Gasteiger partial charge in [0.05, 0.1) is 78.3 Å². The minimum Gasteiger partial charge on any atom is -0.377 e. The number of aromatic nitrogens is 6. The monoisotopic (exact) mass is 1120 g/mol. The number of benzene rings is 4. The van der Waals surface area contributed by atoms with Gasteiger partial charge in [-0.2, -0.15) is 0 Å². The van der Waals surface area contributed by atoms with E-state index in [0.717, 1.165) is 70.9 Å². The highest BCUT2D eigenvalue weighted by molar-refractivity contribution is 6.35. The molecule has 406 valence electrons. The summed E-state index contributed by atoms with van der Waals surface area (Å²) in [5.74, 6) is 0.262. The molecule has 0 spiro atoms. The van der Waals surface area contributed by atoms with Crippen molar-refractivity contribution >= 4 is 58.5 Å². The summed E-state index contributed by atoms with van der Waals surface area (Å²) in [6.07, 6.45) is 5.26. The molecule has 4 N–H and O–H groups in total.